The van der Waals surface area contributed by atoms with Gasteiger partial charge in [0.15, 0.2) is 6.10 Å². The number of carbonyl (C=O) groups excluding carboxylic acids is 1. The van der Waals surface area contributed by atoms with E-state index in [4.69, 9.17) is 23.4 Å². The molecule has 0 saturated heterocycles. The molecule has 36 heavy (non-hydrogen) atoms. The molecule has 7 nitrogen and oxygen atoms in total. The van der Waals surface area contributed by atoms with Gasteiger partial charge < -0.3 is 23.4 Å². The van der Waals surface area contributed by atoms with E-state index < -0.39 is 35.2 Å². The number of methoxy groups -OCH3 is 1. The van der Waals surface area contributed by atoms with Crippen molar-refractivity contribution in [1.29, 1.82) is 0 Å². The molecule has 4 rings (SSSR count). The third-order valence-corrected chi connectivity index (χ3v) is 5.84. The van der Waals surface area contributed by atoms with Crippen molar-refractivity contribution in [3.8, 4) is 23.0 Å². The smallest absolute Gasteiger partial charge is 0.453 e. The van der Waals surface area contributed by atoms with Gasteiger partial charge in [-0.15, -0.1) is 0 Å². The number of ether oxygens (including phenoxy) is 4. The number of hydrogen-bond acceptors (Lipinski definition) is 7. The predicted molar refractivity (Wildman–Crippen MR) is 124 cm³/mol. The molecule has 0 aliphatic heterocycles. The quantitative estimate of drug-likeness (QED) is 0.350. The van der Waals surface area contributed by atoms with E-state index in [1.54, 1.807) is 0 Å². The lowest BCUT2D eigenvalue weighted by atomic mass is 9.98. The molecule has 0 unspecified atom stereocenters. The van der Waals surface area contributed by atoms with Crippen LogP contribution in [0.4, 0.5) is 13.2 Å². The highest BCUT2D eigenvalue weighted by Gasteiger charge is 2.40. The summed E-state index contributed by atoms with van der Waals surface area (Å²) in [6.45, 7) is 1.48. The Morgan fingerprint density at radius 1 is 1.00 bits per heavy atom. The average Bonchev–Trinajstić information content (AvgIpc) is 2.86. The van der Waals surface area contributed by atoms with Gasteiger partial charge in [-0.05, 0) is 69.0 Å². The molecule has 2 aromatic carbocycles. The summed E-state index contributed by atoms with van der Waals surface area (Å²) in [5, 5.41) is -0.142. The molecule has 1 aromatic heterocycles. The summed E-state index contributed by atoms with van der Waals surface area (Å²) >= 11 is 0. The molecule has 1 aliphatic rings. The number of rotatable bonds is 7. The van der Waals surface area contributed by atoms with E-state index in [1.165, 1.54) is 50.4 Å². The maximum absolute atomic E-state index is 13.8. The zero-order valence-corrected chi connectivity index (χ0v) is 19.7. The molecule has 10 heteroatoms. The third-order valence-electron chi connectivity index (χ3n) is 5.84. The van der Waals surface area contributed by atoms with Crippen molar-refractivity contribution in [2.45, 2.75) is 57.4 Å². The van der Waals surface area contributed by atoms with Crippen molar-refractivity contribution in [2.24, 2.45) is 0 Å². The first kappa shape index (κ1) is 25.4. The van der Waals surface area contributed by atoms with E-state index in [-0.39, 0.29) is 28.6 Å². The zero-order chi connectivity index (χ0) is 25.9. The van der Waals surface area contributed by atoms with Crippen LogP contribution in [0, 0.1) is 0 Å². The first-order valence-corrected chi connectivity index (χ1v) is 11.5. The van der Waals surface area contributed by atoms with Crippen LogP contribution in [0.1, 0.15) is 44.8 Å². The fourth-order valence-corrected chi connectivity index (χ4v) is 3.97. The normalized spacial score (nSPS) is 15.4. The van der Waals surface area contributed by atoms with Gasteiger partial charge in [0, 0.05) is 6.07 Å². The molecule has 1 saturated carbocycles. The summed E-state index contributed by atoms with van der Waals surface area (Å²) in [7, 11) is 1.44. The fourth-order valence-electron chi connectivity index (χ4n) is 3.97. The van der Waals surface area contributed by atoms with Gasteiger partial charge in [0.25, 0.3) is 5.76 Å². The van der Waals surface area contributed by atoms with Crippen molar-refractivity contribution in [1.82, 2.24) is 0 Å². The number of fused-ring (bicyclic) bond motifs is 1. The van der Waals surface area contributed by atoms with E-state index in [9.17, 15) is 22.8 Å². The molecule has 3 aromatic rings. The zero-order valence-electron chi connectivity index (χ0n) is 19.7. The average molecular weight is 506 g/mol. The highest BCUT2D eigenvalue weighted by molar-refractivity contribution is 5.80. The lowest BCUT2D eigenvalue weighted by Crippen LogP contribution is -2.31. The van der Waals surface area contributed by atoms with Crippen LogP contribution in [0.25, 0.3) is 11.0 Å². The Hall–Kier alpha value is -3.69. The molecule has 0 bridgehead atoms. The van der Waals surface area contributed by atoms with Crippen LogP contribution >= 0.6 is 0 Å². The van der Waals surface area contributed by atoms with E-state index in [2.05, 4.69) is 0 Å². The van der Waals surface area contributed by atoms with Crippen LogP contribution < -0.4 is 19.6 Å². The Bertz CT molecular complexity index is 1280. The molecule has 0 amide bonds. The number of alkyl halides is 3. The molecular weight excluding hydrogens is 481 g/mol. The summed E-state index contributed by atoms with van der Waals surface area (Å²) in [6, 6.07) is 9.46. The van der Waals surface area contributed by atoms with Crippen molar-refractivity contribution >= 4 is 16.9 Å². The van der Waals surface area contributed by atoms with Gasteiger partial charge in [-0.2, -0.15) is 13.2 Å². The van der Waals surface area contributed by atoms with Gasteiger partial charge >= 0.3 is 12.1 Å². The highest BCUT2D eigenvalue weighted by Crippen LogP contribution is 2.39. The fraction of sp³-hybridized carbons (Fsp3) is 0.385. The van der Waals surface area contributed by atoms with Crippen LogP contribution in [0.5, 0.6) is 23.0 Å². The van der Waals surface area contributed by atoms with Crippen LogP contribution in [-0.2, 0) is 15.7 Å². The Morgan fingerprint density at radius 2 is 1.64 bits per heavy atom. The molecular formula is C26H25F3O7. The summed E-state index contributed by atoms with van der Waals surface area (Å²) in [6.07, 6.45) is -1.51. The molecule has 192 valence electrons. The van der Waals surface area contributed by atoms with E-state index in [0.717, 1.165) is 38.2 Å². The first-order valence-electron chi connectivity index (χ1n) is 11.5. The second kappa shape index (κ2) is 10.5. The number of hydrogen-bond donors (Lipinski definition) is 0. The maximum atomic E-state index is 13.8. The summed E-state index contributed by atoms with van der Waals surface area (Å²) in [5.41, 5.74) is -1.37. The van der Waals surface area contributed by atoms with Gasteiger partial charge in [-0.3, -0.25) is 4.79 Å². The van der Waals surface area contributed by atoms with E-state index >= 15 is 0 Å². The third kappa shape index (κ3) is 5.75. The summed E-state index contributed by atoms with van der Waals surface area (Å²) in [4.78, 5) is 25.3. The van der Waals surface area contributed by atoms with Crippen molar-refractivity contribution in [2.75, 3.05) is 7.11 Å². The minimum atomic E-state index is -5.01. The van der Waals surface area contributed by atoms with Crippen LogP contribution in [-0.4, -0.2) is 25.3 Å². The Morgan fingerprint density at radius 3 is 2.28 bits per heavy atom. The lowest BCUT2D eigenvalue weighted by Gasteiger charge is -2.23. The number of esters is 1. The van der Waals surface area contributed by atoms with Crippen LogP contribution in [0.2, 0.25) is 0 Å². The lowest BCUT2D eigenvalue weighted by molar-refractivity contribution is -0.158. The number of halogens is 3. The van der Waals surface area contributed by atoms with Crippen molar-refractivity contribution in [3.05, 3.63) is 58.4 Å². The topological polar surface area (TPSA) is 84.2 Å². The molecule has 1 aliphatic carbocycles. The van der Waals surface area contributed by atoms with Crippen molar-refractivity contribution in [3.63, 3.8) is 0 Å². The molecule has 0 spiro atoms. The number of benzene rings is 2. The number of carbonyl (C=O) groups is 1. The monoisotopic (exact) mass is 506 g/mol. The van der Waals surface area contributed by atoms with Crippen molar-refractivity contribution < 1.29 is 41.3 Å². The Labute approximate surface area is 204 Å². The predicted octanol–water partition coefficient (Wildman–Crippen LogP) is 6.26. The largest absolute Gasteiger partial charge is 0.497 e. The van der Waals surface area contributed by atoms with Gasteiger partial charge in [0.1, 0.15) is 28.9 Å². The van der Waals surface area contributed by atoms with Gasteiger partial charge in [0.2, 0.25) is 11.2 Å². The molecule has 1 heterocycles. The Kier molecular flexibility index (Phi) is 7.42. The van der Waals surface area contributed by atoms with E-state index in [1.807, 2.05) is 0 Å². The molecule has 0 radical (unpaired) electrons. The van der Waals surface area contributed by atoms with E-state index in [0.29, 0.717) is 5.75 Å². The SMILES string of the molecule is COc1ccc(Oc2c(C(F)(F)F)oc3cc(O[C@@H](C)C(=O)OC4CCCCC4)ccc3c2=O)cc1. The molecule has 0 N–H and O–H groups in total. The first-order chi connectivity index (χ1) is 17.2. The van der Waals surface area contributed by atoms with Gasteiger partial charge in [0.05, 0.1) is 12.5 Å². The highest BCUT2D eigenvalue weighted by atomic mass is 19.4. The summed E-state index contributed by atoms with van der Waals surface area (Å²) < 4.78 is 67.8. The second-order valence-electron chi connectivity index (χ2n) is 8.48. The van der Waals surface area contributed by atoms with Crippen LogP contribution in [0.15, 0.2) is 51.7 Å². The second-order valence-corrected chi connectivity index (χ2v) is 8.48. The minimum absolute atomic E-state index is 0.00166. The molecule has 1 atom stereocenters. The van der Waals surface area contributed by atoms with Gasteiger partial charge in [-0.25, -0.2) is 4.79 Å². The molecule has 1 fully saturated rings. The summed E-state index contributed by atoms with van der Waals surface area (Å²) in [5.74, 6) is -2.62. The maximum Gasteiger partial charge on any atom is 0.453 e. The Balaban J connectivity index is 1.60. The van der Waals surface area contributed by atoms with Gasteiger partial charge in [-0.1, -0.05) is 6.42 Å². The standard InChI is InChI=1S/C26H25F3O7/c1-15(25(31)35-17-6-4-3-5-7-17)33-19-12-13-20-21(14-19)36-24(26(27,28)29)23(22(20)30)34-18-10-8-16(32-2)9-11-18/h8-15,17H,3-7H2,1-2H3/t15-/m0/s1. The van der Waals surface area contributed by atoms with Crippen LogP contribution in [0.3, 0.4) is 0 Å². The minimum Gasteiger partial charge on any atom is -0.497 e.